The van der Waals surface area contributed by atoms with Crippen molar-refractivity contribution in [3.8, 4) is 0 Å². The molecule has 3 heterocycles. The van der Waals surface area contributed by atoms with Gasteiger partial charge in [-0.05, 0) is 44.9 Å². The first-order valence-corrected chi connectivity index (χ1v) is 12.1. The fourth-order valence-corrected chi connectivity index (χ4v) is 6.57. The summed E-state index contributed by atoms with van der Waals surface area (Å²) in [7, 11) is 1.57. The molecule has 2 bridgehead atoms. The molecule has 3 rings (SSSR count). The van der Waals surface area contributed by atoms with Crippen LogP contribution in [0.4, 0.5) is 0 Å². The van der Waals surface area contributed by atoms with Crippen LogP contribution in [0.1, 0.15) is 67.2 Å². The number of fused-ring (bicyclic) bond motifs is 1. The van der Waals surface area contributed by atoms with Crippen LogP contribution in [0.15, 0.2) is 0 Å². The van der Waals surface area contributed by atoms with Crippen LogP contribution in [-0.2, 0) is 19.1 Å². The predicted octanol–water partition coefficient (Wildman–Crippen LogP) is 1.45. The number of nitrogens with one attached hydrogen (secondary N) is 2. The zero-order valence-corrected chi connectivity index (χ0v) is 20.6. The Morgan fingerprint density at radius 3 is 2.47 bits per heavy atom. The molecular formula is C24H41N3O5. The molecule has 3 aliphatic rings. The highest BCUT2D eigenvalue weighted by molar-refractivity contribution is 5.99. The van der Waals surface area contributed by atoms with Crippen molar-refractivity contribution in [2.45, 2.75) is 96.6 Å². The van der Waals surface area contributed by atoms with Gasteiger partial charge in [0.15, 0.2) is 0 Å². The highest BCUT2D eigenvalue weighted by atomic mass is 16.5. The lowest BCUT2D eigenvalue weighted by atomic mass is 9.62. The molecule has 8 heteroatoms. The van der Waals surface area contributed by atoms with E-state index >= 15 is 0 Å². The Hall–Kier alpha value is -1.67. The second-order valence-electron chi connectivity index (χ2n) is 10.7. The number of carbonyl (C=O) groups is 3. The average molecular weight is 452 g/mol. The summed E-state index contributed by atoms with van der Waals surface area (Å²) in [6.07, 6.45) is 2.86. The molecule has 182 valence electrons. The van der Waals surface area contributed by atoms with Gasteiger partial charge in [-0.2, -0.15) is 0 Å². The maximum atomic E-state index is 13.9. The Balaban J connectivity index is 2.10. The largest absolute Gasteiger partial charge is 0.394 e. The van der Waals surface area contributed by atoms with E-state index in [1.54, 1.807) is 11.9 Å². The van der Waals surface area contributed by atoms with Crippen molar-refractivity contribution in [1.29, 1.82) is 0 Å². The average Bonchev–Trinajstić information content (AvgIpc) is 3.22. The number of amides is 3. The van der Waals surface area contributed by atoms with E-state index in [-0.39, 0.29) is 42.2 Å². The first-order valence-electron chi connectivity index (χ1n) is 12.1. The fourth-order valence-electron chi connectivity index (χ4n) is 6.57. The van der Waals surface area contributed by atoms with Gasteiger partial charge in [-0.1, -0.05) is 34.1 Å². The Kier molecular flexibility index (Phi) is 6.97. The minimum atomic E-state index is -1.07. The van der Waals surface area contributed by atoms with Crippen LogP contribution in [0.5, 0.6) is 0 Å². The van der Waals surface area contributed by atoms with Crippen LogP contribution in [-0.4, -0.2) is 70.7 Å². The molecule has 0 radical (unpaired) electrons. The number of nitrogens with zero attached hydrogens (tertiary/aromatic N) is 1. The Bertz CT molecular complexity index is 758. The van der Waals surface area contributed by atoms with Gasteiger partial charge < -0.3 is 25.4 Å². The molecule has 4 unspecified atom stereocenters. The molecule has 3 N–H and O–H groups in total. The summed E-state index contributed by atoms with van der Waals surface area (Å²) in [5.74, 6) is -1.91. The van der Waals surface area contributed by atoms with Crippen molar-refractivity contribution in [3.63, 3.8) is 0 Å². The standard InChI is InChI=1S/C24H41N3O5/c1-8-9-15(5)26-21(30)19-24-11-14(4)23(6,32-24)17(20(29)25-7)18(24)22(31)27(19)16(12-28)10-13(2)3/h13-19,28H,8-12H2,1-7H3,(H,25,29)(H,26,30)/t14?,15?,16-,17+,18+,19?,23-,24?/m1/s1. The molecule has 0 aromatic heterocycles. The monoisotopic (exact) mass is 451 g/mol. The lowest BCUT2D eigenvalue weighted by Gasteiger charge is -2.38. The van der Waals surface area contributed by atoms with Gasteiger partial charge in [-0.25, -0.2) is 0 Å². The van der Waals surface area contributed by atoms with E-state index in [1.165, 1.54) is 0 Å². The van der Waals surface area contributed by atoms with Gasteiger partial charge in [0.05, 0.1) is 30.1 Å². The predicted molar refractivity (Wildman–Crippen MR) is 121 cm³/mol. The van der Waals surface area contributed by atoms with Gasteiger partial charge in [0.1, 0.15) is 11.6 Å². The van der Waals surface area contributed by atoms with E-state index in [0.717, 1.165) is 12.8 Å². The minimum absolute atomic E-state index is 0.00911. The maximum absolute atomic E-state index is 13.9. The SMILES string of the molecule is CCCC(C)NC(=O)C1N([C@@H](CO)CC(C)C)C(=O)[C@@H]2[C@@H](C(=O)NC)[C@]3(C)OC12CC3C. The van der Waals surface area contributed by atoms with Gasteiger partial charge in [0.25, 0.3) is 0 Å². The zero-order chi connectivity index (χ0) is 24.0. The molecule has 8 nitrogen and oxygen atoms in total. The molecule has 0 saturated carbocycles. The summed E-state index contributed by atoms with van der Waals surface area (Å²) in [4.78, 5) is 42.2. The van der Waals surface area contributed by atoms with Crippen LogP contribution < -0.4 is 10.6 Å². The van der Waals surface area contributed by atoms with Crippen LogP contribution in [0.2, 0.25) is 0 Å². The smallest absolute Gasteiger partial charge is 0.246 e. The third kappa shape index (κ3) is 3.63. The summed E-state index contributed by atoms with van der Waals surface area (Å²) in [6.45, 7) is 11.8. The van der Waals surface area contributed by atoms with Crippen LogP contribution >= 0.6 is 0 Å². The number of carbonyl (C=O) groups excluding carboxylic acids is 3. The number of hydrogen-bond acceptors (Lipinski definition) is 5. The number of aliphatic hydroxyl groups is 1. The van der Waals surface area contributed by atoms with Gasteiger partial charge in [-0.15, -0.1) is 0 Å². The summed E-state index contributed by atoms with van der Waals surface area (Å²) in [6, 6.07) is -1.41. The van der Waals surface area contributed by atoms with Crippen molar-refractivity contribution in [2.75, 3.05) is 13.7 Å². The Labute approximate surface area is 191 Å². The highest BCUT2D eigenvalue weighted by Gasteiger charge is 2.80. The lowest BCUT2D eigenvalue weighted by Crippen LogP contribution is -2.59. The topological polar surface area (TPSA) is 108 Å². The van der Waals surface area contributed by atoms with Crippen LogP contribution in [0.3, 0.4) is 0 Å². The van der Waals surface area contributed by atoms with Gasteiger partial charge in [-0.3, -0.25) is 14.4 Å². The van der Waals surface area contributed by atoms with Crippen molar-refractivity contribution in [1.82, 2.24) is 15.5 Å². The molecule has 0 aliphatic carbocycles. The van der Waals surface area contributed by atoms with E-state index in [0.29, 0.717) is 12.8 Å². The van der Waals surface area contributed by atoms with E-state index in [2.05, 4.69) is 17.6 Å². The van der Waals surface area contributed by atoms with Crippen molar-refractivity contribution < 1.29 is 24.2 Å². The third-order valence-corrected chi connectivity index (χ3v) is 7.99. The second kappa shape index (κ2) is 8.93. The molecule has 3 fully saturated rings. The third-order valence-electron chi connectivity index (χ3n) is 7.99. The summed E-state index contributed by atoms with van der Waals surface area (Å²) < 4.78 is 6.63. The molecule has 3 aliphatic heterocycles. The van der Waals surface area contributed by atoms with E-state index in [1.807, 2.05) is 34.6 Å². The van der Waals surface area contributed by atoms with E-state index in [9.17, 15) is 19.5 Å². The Morgan fingerprint density at radius 2 is 1.94 bits per heavy atom. The molecular weight excluding hydrogens is 410 g/mol. The maximum Gasteiger partial charge on any atom is 0.246 e. The first-order chi connectivity index (χ1) is 15.0. The number of likely N-dealkylation sites (tertiary alicyclic amines) is 1. The highest BCUT2D eigenvalue weighted by Crippen LogP contribution is 2.65. The van der Waals surface area contributed by atoms with Crippen LogP contribution in [0, 0.1) is 23.7 Å². The normalized spacial score (nSPS) is 37.5. The second-order valence-corrected chi connectivity index (χ2v) is 10.7. The van der Waals surface area contributed by atoms with Gasteiger partial charge in [0, 0.05) is 13.1 Å². The molecule has 3 amide bonds. The van der Waals surface area contributed by atoms with Crippen molar-refractivity contribution in [3.05, 3.63) is 0 Å². The Morgan fingerprint density at radius 1 is 1.28 bits per heavy atom. The molecule has 32 heavy (non-hydrogen) atoms. The molecule has 1 spiro atoms. The number of rotatable bonds is 9. The lowest BCUT2D eigenvalue weighted by molar-refractivity contribution is -0.151. The van der Waals surface area contributed by atoms with Gasteiger partial charge in [0.2, 0.25) is 17.7 Å². The van der Waals surface area contributed by atoms with Gasteiger partial charge >= 0.3 is 0 Å². The number of aliphatic hydroxyl groups excluding tert-OH is 1. The van der Waals surface area contributed by atoms with E-state index < -0.39 is 35.1 Å². The quantitative estimate of drug-likeness (QED) is 0.492. The summed E-state index contributed by atoms with van der Waals surface area (Å²) >= 11 is 0. The van der Waals surface area contributed by atoms with E-state index in [4.69, 9.17) is 4.74 Å². The summed E-state index contributed by atoms with van der Waals surface area (Å²) in [5, 5.41) is 16.0. The van der Waals surface area contributed by atoms with Crippen molar-refractivity contribution in [2.24, 2.45) is 23.7 Å². The zero-order valence-electron chi connectivity index (χ0n) is 20.6. The first kappa shape index (κ1) is 25.0. The molecule has 0 aromatic rings. The fraction of sp³-hybridized carbons (Fsp3) is 0.875. The number of ether oxygens (including phenoxy) is 1. The summed E-state index contributed by atoms with van der Waals surface area (Å²) in [5.41, 5.74) is -1.88. The molecule has 3 saturated heterocycles. The molecule has 0 aromatic carbocycles. The van der Waals surface area contributed by atoms with Crippen LogP contribution in [0.25, 0.3) is 0 Å². The van der Waals surface area contributed by atoms with Crippen molar-refractivity contribution >= 4 is 17.7 Å². The molecule has 8 atom stereocenters. The number of hydrogen-bond donors (Lipinski definition) is 3. The minimum Gasteiger partial charge on any atom is -0.394 e.